The molecule has 0 aliphatic heterocycles. The molecule has 72 valence electrons. The van der Waals surface area contributed by atoms with E-state index in [1.165, 1.54) is 0 Å². The van der Waals surface area contributed by atoms with Gasteiger partial charge in [-0.1, -0.05) is 23.6 Å². The van der Waals surface area contributed by atoms with Gasteiger partial charge in [-0.15, -0.1) is 0 Å². The maximum absolute atomic E-state index is 10.9. The summed E-state index contributed by atoms with van der Waals surface area (Å²) in [6.07, 6.45) is 0. The highest BCUT2D eigenvalue weighted by Crippen LogP contribution is 2.09. The SMILES string of the molecule is CCOC(=O)C#Cc1cccc(Cl)c1. The highest BCUT2D eigenvalue weighted by molar-refractivity contribution is 6.30. The van der Waals surface area contributed by atoms with E-state index in [4.69, 9.17) is 11.6 Å². The number of rotatable bonds is 1. The molecular weight excluding hydrogens is 200 g/mol. The molecular formula is C11H9ClO2. The fourth-order valence-electron chi connectivity index (χ4n) is 0.857. The number of hydrogen-bond donors (Lipinski definition) is 0. The zero-order valence-corrected chi connectivity index (χ0v) is 8.47. The number of carbonyl (C=O) groups excluding carboxylic acids is 1. The van der Waals surface area contributed by atoms with E-state index in [-0.39, 0.29) is 0 Å². The largest absolute Gasteiger partial charge is 0.456 e. The molecule has 2 nitrogen and oxygen atoms in total. The molecule has 1 aromatic rings. The van der Waals surface area contributed by atoms with Crippen LogP contribution < -0.4 is 0 Å². The first kappa shape index (κ1) is 10.6. The summed E-state index contributed by atoms with van der Waals surface area (Å²) in [5, 5.41) is 0.598. The van der Waals surface area contributed by atoms with Crippen molar-refractivity contribution < 1.29 is 9.53 Å². The van der Waals surface area contributed by atoms with Gasteiger partial charge in [-0.3, -0.25) is 0 Å². The number of benzene rings is 1. The van der Waals surface area contributed by atoms with Gasteiger partial charge in [0, 0.05) is 16.5 Å². The minimum atomic E-state index is -0.521. The van der Waals surface area contributed by atoms with Crippen LogP contribution in [0.3, 0.4) is 0 Å². The number of carbonyl (C=O) groups is 1. The van der Waals surface area contributed by atoms with Crippen LogP contribution in [0.4, 0.5) is 0 Å². The Morgan fingerprint density at radius 2 is 2.36 bits per heavy atom. The van der Waals surface area contributed by atoms with Crippen LogP contribution in [0.5, 0.6) is 0 Å². The van der Waals surface area contributed by atoms with Crippen molar-refractivity contribution in [1.29, 1.82) is 0 Å². The smallest absolute Gasteiger partial charge is 0.384 e. The predicted octanol–water partition coefficient (Wildman–Crippen LogP) is 2.25. The third-order valence-corrected chi connectivity index (χ3v) is 1.64. The van der Waals surface area contributed by atoms with Crippen molar-refractivity contribution in [3.8, 4) is 11.8 Å². The maximum atomic E-state index is 10.9. The van der Waals surface area contributed by atoms with Crippen LogP contribution in [-0.2, 0) is 9.53 Å². The maximum Gasteiger partial charge on any atom is 0.384 e. The van der Waals surface area contributed by atoms with Gasteiger partial charge in [0.1, 0.15) is 0 Å². The summed E-state index contributed by atoms with van der Waals surface area (Å²) in [5.74, 6) is 4.50. The third-order valence-electron chi connectivity index (χ3n) is 1.41. The molecule has 0 saturated heterocycles. The number of halogens is 1. The van der Waals surface area contributed by atoms with E-state index in [9.17, 15) is 4.79 Å². The highest BCUT2D eigenvalue weighted by Gasteiger charge is 1.93. The van der Waals surface area contributed by atoms with Gasteiger partial charge in [0.25, 0.3) is 0 Å². The van der Waals surface area contributed by atoms with Crippen LogP contribution in [0.15, 0.2) is 24.3 Å². The van der Waals surface area contributed by atoms with Crippen molar-refractivity contribution in [3.63, 3.8) is 0 Å². The average Bonchev–Trinajstić information content (AvgIpc) is 2.15. The van der Waals surface area contributed by atoms with Gasteiger partial charge in [0.2, 0.25) is 0 Å². The Labute approximate surface area is 87.8 Å². The number of esters is 1. The number of hydrogen-bond acceptors (Lipinski definition) is 2. The van der Waals surface area contributed by atoms with E-state index < -0.39 is 5.97 Å². The molecule has 0 radical (unpaired) electrons. The fourth-order valence-corrected chi connectivity index (χ4v) is 1.05. The minimum absolute atomic E-state index is 0.336. The number of ether oxygens (including phenoxy) is 1. The van der Waals surface area contributed by atoms with Crippen LogP contribution in [0, 0.1) is 11.8 Å². The molecule has 0 fully saturated rings. The summed E-state index contributed by atoms with van der Waals surface area (Å²) >= 11 is 5.74. The first-order chi connectivity index (χ1) is 6.72. The predicted molar refractivity (Wildman–Crippen MR) is 55.0 cm³/mol. The van der Waals surface area contributed by atoms with Crippen molar-refractivity contribution >= 4 is 17.6 Å². The summed E-state index contributed by atoms with van der Waals surface area (Å²) in [5.41, 5.74) is 0.700. The molecule has 0 saturated carbocycles. The van der Waals surface area contributed by atoms with Crippen molar-refractivity contribution in [2.45, 2.75) is 6.92 Å². The summed E-state index contributed by atoms with van der Waals surface area (Å²) in [6.45, 7) is 2.07. The van der Waals surface area contributed by atoms with Crippen molar-refractivity contribution in [2.24, 2.45) is 0 Å². The lowest BCUT2D eigenvalue weighted by atomic mass is 10.2. The Hall–Kier alpha value is -1.46. The Bertz CT molecular complexity index is 388. The van der Waals surface area contributed by atoms with Gasteiger partial charge in [-0.05, 0) is 25.1 Å². The molecule has 1 aromatic carbocycles. The zero-order chi connectivity index (χ0) is 10.4. The Kier molecular flexibility index (Phi) is 4.03. The molecule has 0 unspecified atom stereocenters. The Morgan fingerprint density at radius 3 is 3.00 bits per heavy atom. The van der Waals surface area contributed by atoms with Crippen molar-refractivity contribution in [1.82, 2.24) is 0 Å². The summed E-state index contributed by atoms with van der Waals surface area (Å²) in [7, 11) is 0. The molecule has 3 heteroatoms. The lowest BCUT2D eigenvalue weighted by Crippen LogP contribution is -1.99. The van der Waals surface area contributed by atoms with Gasteiger partial charge in [0.15, 0.2) is 0 Å². The third kappa shape index (κ3) is 3.51. The van der Waals surface area contributed by atoms with Crippen molar-refractivity contribution in [2.75, 3.05) is 6.61 Å². The highest BCUT2D eigenvalue weighted by atomic mass is 35.5. The van der Waals surface area contributed by atoms with E-state index in [0.717, 1.165) is 0 Å². The molecule has 0 spiro atoms. The Balaban J connectivity index is 2.72. The van der Waals surface area contributed by atoms with E-state index >= 15 is 0 Å². The molecule has 1 rings (SSSR count). The molecule has 0 amide bonds. The van der Waals surface area contributed by atoms with Crippen LogP contribution in [0.25, 0.3) is 0 Å². The Morgan fingerprint density at radius 1 is 1.57 bits per heavy atom. The summed E-state index contributed by atoms with van der Waals surface area (Å²) in [6, 6.07) is 6.99. The van der Waals surface area contributed by atoms with Crippen molar-refractivity contribution in [3.05, 3.63) is 34.9 Å². The second-order valence-corrected chi connectivity index (χ2v) is 2.92. The average molecular weight is 209 g/mol. The fraction of sp³-hybridized carbons (Fsp3) is 0.182. The standard InChI is InChI=1S/C11H9ClO2/c1-2-14-11(13)7-6-9-4-3-5-10(12)8-9/h3-5,8H,2H2,1H3. The quantitative estimate of drug-likeness (QED) is 0.523. The van der Waals surface area contributed by atoms with Gasteiger partial charge in [-0.25, -0.2) is 4.79 Å². The van der Waals surface area contributed by atoms with E-state index in [0.29, 0.717) is 17.2 Å². The monoisotopic (exact) mass is 208 g/mol. The van der Waals surface area contributed by atoms with E-state index in [2.05, 4.69) is 16.6 Å². The molecule has 0 bridgehead atoms. The van der Waals surface area contributed by atoms with E-state index in [1.54, 1.807) is 31.2 Å². The second kappa shape index (κ2) is 5.31. The van der Waals surface area contributed by atoms with Crippen LogP contribution in [-0.4, -0.2) is 12.6 Å². The second-order valence-electron chi connectivity index (χ2n) is 2.48. The van der Waals surface area contributed by atoms with Crippen LogP contribution in [0.1, 0.15) is 12.5 Å². The topological polar surface area (TPSA) is 26.3 Å². The lowest BCUT2D eigenvalue weighted by Gasteiger charge is -1.92. The van der Waals surface area contributed by atoms with Gasteiger partial charge in [0.05, 0.1) is 6.61 Å². The van der Waals surface area contributed by atoms with E-state index in [1.807, 2.05) is 0 Å². The lowest BCUT2D eigenvalue weighted by molar-refractivity contribution is -0.136. The molecule has 0 aliphatic rings. The minimum Gasteiger partial charge on any atom is -0.456 e. The normalized spacial score (nSPS) is 8.71. The van der Waals surface area contributed by atoms with Crippen LogP contribution in [0.2, 0.25) is 5.02 Å². The molecule has 0 aromatic heterocycles. The van der Waals surface area contributed by atoms with Gasteiger partial charge in [-0.2, -0.15) is 0 Å². The first-order valence-corrected chi connectivity index (χ1v) is 4.54. The van der Waals surface area contributed by atoms with Crippen LogP contribution >= 0.6 is 11.6 Å². The molecule has 0 aliphatic carbocycles. The zero-order valence-electron chi connectivity index (χ0n) is 7.71. The summed E-state index contributed by atoms with van der Waals surface area (Å²) < 4.78 is 4.65. The summed E-state index contributed by atoms with van der Waals surface area (Å²) in [4.78, 5) is 10.9. The first-order valence-electron chi connectivity index (χ1n) is 4.16. The molecule has 14 heavy (non-hydrogen) atoms. The van der Waals surface area contributed by atoms with Gasteiger partial charge >= 0.3 is 5.97 Å². The molecule has 0 atom stereocenters. The van der Waals surface area contributed by atoms with Gasteiger partial charge < -0.3 is 4.74 Å². The molecule has 0 heterocycles. The molecule has 0 N–H and O–H groups in total.